The average molecular weight is 417 g/mol. The van der Waals surface area contributed by atoms with Crippen LogP contribution in [0.4, 0.5) is 4.79 Å². The van der Waals surface area contributed by atoms with Gasteiger partial charge in [0.25, 0.3) is 0 Å². The SMILES string of the molecule is O=C(NCC(O)C(O)c1ccc(I)o1)OCc1ccccc1. The number of hydrogen-bond acceptors (Lipinski definition) is 5. The van der Waals surface area contributed by atoms with Crippen molar-refractivity contribution in [1.29, 1.82) is 0 Å². The maximum atomic E-state index is 11.5. The second-order valence-corrected chi connectivity index (χ2v) is 5.66. The highest BCUT2D eigenvalue weighted by atomic mass is 127. The Hall–Kier alpha value is -1.58. The van der Waals surface area contributed by atoms with Gasteiger partial charge < -0.3 is 24.7 Å². The Kier molecular flexibility index (Phi) is 6.22. The molecule has 2 rings (SSSR count). The van der Waals surface area contributed by atoms with E-state index in [4.69, 9.17) is 9.15 Å². The van der Waals surface area contributed by atoms with E-state index < -0.39 is 18.3 Å². The van der Waals surface area contributed by atoms with Crippen LogP contribution < -0.4 is 5.32 Å². The number of carbonyl (C=O) groups is 1. The zero-order valence-corrected chi connectivity index (χ0v) is 13.8. The van der Waals surface area contributed by atoms with Crippen LogP contribution in [0.1, 0.15) is 17.4 Å². The first kappa shape index (κ1) is 16.8. The highest BCUT2D eigenvalue weighted by molar-refractivity contribution is 14.1. The van der Waals surface area contributed by atoms with E-state index in [0.717, 1.165) is 5.56 Å². The molecule has 0 bridgehead atoms. The molecule has 0 fully saturated rings. The van der Waals surface area contributed by atoms with Gasteiger partial charge in [0.2, 0.25) is 0 Å². The third-order valence-electron chi connectivity index (χ3n) is 2.92. The lowest BCUT2D eigenvalue weighted by atomic mass is 10.1. The summed E-state index contributed by atoms with van der Waals surface area (Å²) in [4.78, 5) is 11.5. The molecule has 1 heterocycles. The molecule has 118 valence electrons. The van der Waals surface area contributed by atoms with Crippen molar-refractivity contribution < 1.29 is 24.2 Å². The fraction of sp³-hybridized carbons (Fsp3) is 0.267. The Morgan fingerprint density at radius 2 is 1.95 bits per heavy atom. The Bertz CT molecular complexity index is 601. The van der Waals surface area contributed by atoms with E-state index >= 15 is 0 Å². The van der Waals surface area contributed by atoms with E-state index in [1.54, 1.807) is 12.1 Å². The van der Waals surface area contributed by atoms with Crippen LogP contribution in [0.5, 0.6) is 0 Å². The number of alkyl carbamates (subject to hydrolysis) is 1. The van der Waals surface area contributed by atoms with Crippen molar-refractivity contribution in [2.24, 2.45) is 0 Å². The van der Waals surface area contributed by atoms with Crippen LogP contribution in [-0.2, 0) is 11.3 Å². The number of amides is 1. The first-order chi connectivity index (χ1) is 10.6. The van der Waals surface area contributed by atoms with E-state index in [-0.39, 0.29) is 18.9 Å². The van der Waals surface area contributed by atoms with Gasteiger partial charge in [0.05, 0.1) is 0 Å². The molecule has 2 atom stereocenters. The Labute approximate surface area is 141 Å². The number of nitrogens with one attached hydrogen (secondary N) is 1. The maximum absolute atomic E-state index is 11.5. The average Bonchev–Trinajstić information content (AvgIpc) is 2.97. The molecular weight excluding hydrogens is 401 g/mol. The third-order valence-corrected chi connectivity index (χ3v) is 3.50. The predicted molar refractivity (Wildman–Crippen MR) is 87.0 cm³/mol. The van der Waals surface area contributed by atoms with Crippen LogP contribution >= 0.6 is 22.6 Å². The smallest absolute Gasteiger partial charge is 0.407 e. The highest BCUT2D eigenvalue weighted by Gasteiger charge is 2.22. The van der Waals surface area contributed by atoms with E-state index in [1.165, 1.54) is 0 Å². The predicted octanol–water partition coefficient (Wildman–Crippen LogP) is 2.20. The summed E-state index contributed by atoms with van der Waals surface area (Å²) in [6.07, 6.45) is -3.06. The van der Waals surface area contributed by atoms with Gasteiger partial charge in [0.15, 0.2) is 3.77 Å². The number of halogens is 1. The van der Waals surface area contributed by atoms with E-state index in [1.807, 2.05) is 52.9 Å². The molecule has 1 aromatic carbocycles. The first-order valence-corrected chi connectivity index (χ1v) is 7.70. The van der Waals surface area contributed by atoms with Crippen molar-refractivity contribution in [2.45, 2.75) is 18.8 Å². The summed E-state index contributed by atoms with van der Waals surface area (Å²) in [5.41, 5.74) is 0.864. The second kappa shape index (κ2) is 8.16. The number of aliphatic hydroxyl groups is 2. The van der Waals surface area contributed by atoms with Gasteiger partial charge >= 0.3 is 6.09 Å². The number of rotatable bonds is 6. The molecule has 7 heteroatoms. The molecule has 22 heavy (non-hydrogen) atoms. The van der Waals surface area contributed by atoms with Crippen LogP contribution in [-0.4, -0.2) is 29.0 Å². The highest BCUT2D eigenvalue weighted by Crippen LogP contribution is 2.20. The van der Waals surface area contributed by atoms with Crippen molar-refractivity contribution >= 4 is 28.7 Å². The maximum Gasteiger partial charge on any atom is 0.407 e. The molecule has 0 saturated heterocycles. The van der Waals surface area contributed by atoms with Gasteiger partial charge in [0.1, 0.15) is 24.6 Å². The summed E-state index contributed by atoms with van der Waals surface area (Å²) < 4.78 is 10.8. The van der Waals surface area contributed by atoms with Gasteiger partial charge in [-0.15, -0.1) is 0 Å². The zero-order chi connectivity index (χ0) is 15.9. The van der Waals surface area contributed by atoms with E-state index in [2.05, 4.69) is 5.32 Å². The molecule has 0 aliphatic rings. The fourth-order valence-corrected chi connectivity index (χ4v) is 2.18. The van der Waals surface area contributed by atoms with Crippen molar-refractivity contribution in [3.8, 4) is 0 Å². The zero-order valence-electron chi connectivity index (χ0n) is 11.6. The topological polar surface area (TPSA) is 91.9 Å². The van der Waals surface area contributed by atoms with Crippen LogP contribution in [0.15, 0.2) is 46.9 Å². The standard InChI is InChI=1S/C15H16INO5/c16-13-7-6-12(22-13)14(19)11(18)8-17-15(20)21-9-10-4-2-1-3-5-10/h1-7,11,14,18-19H,8-9H2,(H,17,20). The molecule has 3 N–H and O–H groups in total. The fourth-order valence-electron chi connectivity index (χ4n) is 1.75. The first-order valence-electron chi connectivity index (χ1n) is 6.62. The molecular formula is C15H16INO5. The lowest BCUT2D eigenvalue weighted by molar-refractivity contribution is 0.00544. The summed E-state index contributed by atoms with van der Waals surface area (Å²) in [7, 11) is 0. The van der Waals surface area contributed by atoms with Gasteiger partial charge in [-0.05, 0) is 40.3 Å². The normalized spacial score (nSPS) is 13.4. The number of aliphatic hydroxyl groups excluding tert-OH is 2. The van der Waals surface area contributed by atoms with Gasteiger partial charge in [-0.1, -0.05) is 30.3 Å². The lowest BCUT2D eigenvalue weighted by Crippen LogP contribution is -2.35. The lowest BCUT2D eigenvalue weighted by Gasteiger charge is -2.16. The Morgan fingerprint density at radius 1 is 1.23 bits per heavy atom. The summed E-state index contributed by atoms with van der Waals surface area (Å²) in [5.74, 6) is 0.247. The van der Waals surface area contributed by atoms with Gasteiger partial charge in [-0.3, -0.25) is 0 Å². The van der Waals surface area contributed by atoms with Gasteiger partial charge in [0, 0.05) is 6.54 Å². The molecule has 0 radical (unpaired) electrons. The van der Waals surface area contributed by atoms with Crippen LogP contribution in [0.2, 0.25) is 0 Å². The Balaban J connectivity index is 1.73. The van der Waals surface area contributed by atoms with Crippen LogP contribution in [0, 0.1) is 3.77 Å². The van der Waals surface area contributed by atoms with Crippen molar-refractivity contribution in [3.63, 3.8) is 0 Å². The minimum atomic E-state index is -1.21. The Morgan fingerprint density at radius 3 is 2.59 bits per heavy atom. The molecule has 2 unspecified atom stereocenters. The number of ether oxygens (including phenoxy) is 1. The van der Waals surface area contributed by atoms with Gasteiger partial charge in [-0.25, -0.2) is 4.79 Å². The van der Waals surface area contributed by atoms with Gasteiger partial charge in [-0.2, -0.15) is 0 Å². The number of furan rings is 1. The molecule has 0 spiro atoms. The molecule has 0 saturated carbocycles. The minimum absolute atomic E-state index is 0.141. The monoisotopic (exact) mass is 417 g/mol. The number of benzene rings is 1. The number of hydrogen-bond donors (Lipinski definition) is 3. The summed E-state index contributed by atoms with van der Waals surface area (Å²) >= 11 is 1.96. The second-order valence-electron chi connectivity index (χ2n) is 4.60. The van der Waals surface area contributed by atoms with Crippen molar-refractivity contribution in [1.82, 2.24) is 5.32 Å². The van der Waals surface area contributed by atoms with Crippen LogP contribution in [0.25, 0.3) is 0 Å². The molecule has 2 aromatic rings. The summed E-state index contributed by atoms with van der Waals surface area (Å²) in [5, 5.41) is 22.1. The number of carbonyl (C=O) groups excluding carboxylic acids is 1. The molecule has 0 aliphatic carbocycles. The summed E-state index contributed by atoms with van der Waals surface area (Å²) in [6, 6.07) is 12.5. The van der Waals surface area contributed by atoms with Crippen LogP contribution in [0.3, 0.4) is 0 Å². The molecule has 1 amide bonds. The van der Waals surface area contributed by atoms with Crippen molar-refractivity contribution in [2.75, 3.05) is 6.54 Å². The quantitative estimate of drug-likeness (QED) is 0.627. The van der Waals surface area contributed by atoms with E-state index in [9.17, 15) is 15.0 Å². The minimum Gasteiger partial charge on any atom is -0.453 e. The largest absolute Gasteiger partial charge is 0.453 e. The summed E-state index contributed by atoms with van der Waals surface area (Å²) in [6.45, 7) is -0.00618. The third kappa shape index (κ3) is 5.00. The van der Waals surface area contributed by atoms with Crippen molar-refractivity contribution in [3.05, 3.63) is 57.6 Å². The van der Waals surface area contributed by atoms with E-state index in [0.29, 0.717) is 3.77 Å². The molecule has 0 aliphatic heterocycles. The molecule has 6 nitrogen and oxygen atoms in total. The molecule has 1 aromatic heterocycles.